The van der Waals surface area contributed by atoms with E-state index < -0.39 is 10.0 Å². The Balaban J connectivity index is 1.46. The standard InChI is InChI=1S/C33H34N2O3S/c1-22(2)32-20-35(39(36,37)29-13-11-23(3)12-14-29)33-19-34-27(18-31(32)33)17-30-24(4)15-28(16-25(30)5)38-21-26-9-7-6-8-10-26/h6-16,18-20,22H,17,21H2,1-5H3. The number of fused-ring (bicyclic) bond motifs is 1. The maximum atomic E-state index is 13.6. The molecule has 0 amide bonds. The van der Waals surface area contributed by atoms with Gasteiger partial charge in [-0.2, -0.15) is 0 Å². The van der Waals surface area contributed by atoms with Crippen molar-refractivity contribution in [1.29, 1.82) is 0 Å². The van der Waals surface area contributed by atoms with Gasteiger partial charge < -0.3 is 4.74 Å². The summed E-state index contributed by atoms with van der Waals surface area (Å²) < 4.78 is 34.6. The molecule has 0 N–H and O–H groups in total. The summed E-state index contributed by atoms with van der Waals surface area (Å²) in [5.74, 6) is 1.00. The molecule has 0 atom stereocenters. The number of aryl methyl sites for hydroxylation is 3. The van der Waals surface area contributed by atoms with Crippen molar-refractivity contribution in [3.63, 3.8) is 0 Å². The molecule has 5 aromatic rings. The van der Waals surface area contributed by atoms with Crippen LogP contribution in [-0.4, -0.2) is 17.4 Å². The summed E-state index contributed by atoms with van der Waals surface area (Å²) in [6.07, 6.45) is 4.11. The molecule has 0 saturated carbocycles. The lowest BCUT2D eigenvalue weighted by molar-refractivity contribution is 0.305. The number of aromatic nitrogens is 2. The Labute approximate surface area is 231 Å². The van der Waals surface area contributed by atoms with Crippen molar-refractivity contribution in [2.24, 2.45) is 0 Å². The number of hydrogen-bond donors (Lipinski definition) is 0. The van der Waals surface area contributed by atoms with Gasteiger partial charge >= 0.3 is 0 Å². The quantitative estimate of drug-likeness (QED) is 0.205. The molecule has 2 aromatic heterocycles. The van der Waals surface area contributed by atoms with Gasteiger partial charge in [-0.1, -0.05) is 61.9 Å². The number of pyridine rings is 1. The normalized spacial score (nSPS) is 11.8. The summed E-state index contributed by atoms with van der Waals surface area (Å²) in [7, 11) is -3.75. The monoisotopic (exact) mass is 538 g/mol. The Kier molecular flexibility index (Phi) is 7.32. The van der Waals surface area contributed by atoms with E-state index >= 15 is 0 Å². The lowest BCUT2D eigenvalue weighted by Crippen LogP contribution is -2.12. The van der Waals surface area contributed by atoms with Gasteiger partial charge in [0.2, 0.25) is 0 Å². The number of ether oxygens (including phenoxy) is 1. The number of benzene rings is 3. The molecule has 0 aliphatic heterocycles. The van der Waals surface area contributed by atoms with E-state index in [1.807, 2.05) is 43.3 Å². The summed E-state index contributed by atoms with van der Waals surface area (Å²) in [5, 5.41) is 0.920. The second kappa shape index (κ2) is 10.7. The largest absolute Gasteiger partial charge is 0.489 e. The van der Waals surface area contributed by atoms with Crippen LogP contribution in [0.1, 0.15) is 58.8 Å². The van der Waals surface area contributed by atoms with Crippen LogP contribution in [0.15, 0.2) is 90.1 Å². The zero-order valence-corrected chi connectivity index (χ0v) is 23.9. The summed E-state index contributed by atoms with van der Waals surface area (Å²) in [6.45, 7) is 10.8. The highest BCUT2D eigenvalue weighted by Gasteiger charge is 2.23. The molecule has 2 heterocycles. The topological polar surface area (TPSA) is 61.2 Å². The molecule has 6 heteroatoms. The van der Waals surface area contributed by atoms with E-state index in [4.69, 9.17) is 9.72 Å². The molecule has 3 aromatic carbocycles. The predicted molar refractivity (Wildman–Crippen MR) is 157 cm³/mol. The third-order valence-electron chi connectivity index (χ3n) is 7.22. The summed E-state index contributed by atoms with van der Waals surface area (Å²) in [4.78, 5) is 4.99. The number of nitrogens with zero attached hydrogens (tertiary/aromatic N) is 2. The molecule has 5 rings (SSSR count). The molecule has 39 heavy (non-hydrogen) atoms. The number of hydrogen-bond acceptors (Lipinski definition) is 4. The SMILES string of the molecule is Cc1ccc(S(=O)(=O)n2cc(C(C)C)c3cc(Cc4c(C)cc(OCc5ccccc5)cc4C)ncc32)cc1. The minimum Gasteiger partial charge on any atom is -0.489 e. The summed E-state index contributed by atoms with van der Waals surface area (Å²) in [6, 6.07) is 23.3. The maximum absolute atomic E-state index is 13.6. The molecule has 0 aliphatic rings. The highest BCUT2D eigenvalue weighted by molar-refractivity contribution is 7.90. The van der Waals surface area contributed by atoms with Crippen molar-refractivity contribution in [1.82, 2.24) is 8.96 Å². The molecule has 0 spiro atoms. The van der Waals surface area contributed by atoms with Crippen LogP contribution in [0.4, 0.5) is 0 Å². The molecule has 0 unspecified atom stereocenters. The van der Waals surface area contributed by atoms with Crippen LogP contribution in [0.3, 0.4) is 0 Å². The van der Waals surface area contributed by atoms with E-state index in [-0.39, 0.29) is 10.8 Å². The summed E-state index contributed by atoms with van der Waals surface area (Å²) >= 11 is 0. The first-order chi connectivity index (χ1) is 18.6. The van der Waals surface area contributed by atoms with Crippen molar-refractivity contribution >= 4 is 20.9 Å². The smallest absolute Gasteiger partial charge is 0.268 e. The Morgan fingerprint density at radius 1 is 0.897 bits per heavy atom. The average molecular weight is 539 g/mol. The Morgan fingerprint density at radius 3 is 2.21 bits per heavy atom. The third-order valence-corrected chi connectivity index (χ3v) is 8.91. The highest BCUT2D eigenvalue weighted by Crippen LogP contribution is 2.32. The lowest BCUT2D eigenvalue weighted by atomic mass is 9.96. The van der Waals surface area contributed by atoms with Gasteiger partial charge in [-0.05, 0) is 84.8 Å². The first-order valence-electron chi connectivity index (χ1n) is 13.2. The molecule has 0 bridgehead atoms. The molecule has 0 saturated heterocycles. The fourth-order valence-electron chi connectivity index (χ4n) is 4.98. The molecular formula is C33H34N2O3S. The van der Waals surface area contributed by atoms with E-state index in [9.17, 15) is 8.42 Å². The van der Waals surface area contributed by atoms with Crippen molar-refractivity contribution in [2.75, 3.05) is 0 Å². The second-order valence-corrected chi connectivity index (χ2v) is 12.3. The van der Waals surface area contributed by atoms with Crippen LogP contribution in [0.25, 0.3) is 10.9 Å². The maximum Gasteiger partial charge on any atom is 0.268 e. The van der Waals surface area contributed by atoms with E-state index in [2.05, 4.69) is 52.0 Å². The van der Waals surface area contributed by atoms with E-state index in [0.29, 0.717) is 18.5 Å². The van der Waals surface area contributed by atoms with Gasteiger partial charge in [0, 0.05) is 23.7 Å². The summed E-state index contributed by atoms with van der Waals surface area (Å²) in [5.41, 5.74) is 8.12. The van der Waals surface area contributed by atoms with Crippen LogP contribution in [0.2, 0.25) is 0 Å². The van der Waals surface area contributed by atoms with Gasteiger partial charge in [-0.15, -0.1) is 0 Å². The van der Waals surface area contributed by atoms with Gasteiger partial charge in [-0.25, -0.2) is 12.4 Å². The van der Waals surface area contributed by atoms with Gasteiger partial charge in [0.05, 0.1) is 16.6 Å². The van der Waals surface area contributed by atoms with Crippen molar-refractivity contribution in [2.45, 2.75) is 58.5 Å². The van der Waals surface area contributed by atoms with Gasteiger partial charge in [-0.3, -0.25) is 4.98 Å². The van der Waals surface area contributed by atoms with Crippen LogP contribution in [0.5, 0.6) is 5.75 Å². The van der Waals surface area contributed by atoms with E-state index in [0.717, 1.165) is 44.6 Å². The number of rotatable bonds is 8. The highest BCUT2D eigenvalue weighted by atomic mass is 32.2. The minimum absolute atomic E-state index is 0.154. The second-order valence-electron chi connectivity index (χ2n) is 10.5. The predicted octanol–water partition coefficient (Wildman–Crippen LogP) is 7.49. The van der Waals surface area contributed by atoms with Crippen molar-refractivity contribution < 1.29 is 13.2 Å². The first kappa shape index (κ1) is 26.7. The Bertz CT molecular complexity index is 1710. The molecule has 5 nitrogen and oxygen atoms in total. The van der Waals surface area contributed by atoms with Gasteiger partial charge in [0.15, 0.2) is 0 Å². The molecule has 0 fully saturated rings. The lowest BCUT2D eigenvalue weighted by Gasteiger charge is -2.14. The molecule has 0 aliphatic carbocycles. The van der Waals surface area contributed by atoms with E-state index in [1.54, 1.807) is 24.5 Å². The van der Waals surface area contributed by atoms with Crippen LogP contribution in [0, 0.1) is 20.8 Å². The Morgan fingerprint density at radius 2 is 1.56 bits per heavy atom. The first-order valence-corrected chi connectivity index (χ1v) is 14.7. The van der Waals surface area contributed by atoms with Crippen molar-refractivity contribution in [3.05, 3.63) is 124 Å². The van der Waals surface area contributed by atoms with Crippen LogP contribution < -0.4 is 4.74 Å². The van der Waals surface area contributed by atoms with E-state index in [1.165, 1.54) is 9.54 Å². The zero-order chi connectivity index (χ0) is 27.7. The Hall–Kier alpha value is -3.90. The van der Waals surface area contributed by atoms with Gasteiger partial charge in [0.25, 0.3) is 10.0 Å². The fourth-order valence-corrected chi connectivity index (χ4v) is 6.34. The molecule has 200 valence electrons. The van der Waals surface area contributed by atoms with Crippen molar-refractivity contribution in [3.8, 4) is 5.75 Å². The fraction of sp³-hybridized carbons (Fsp3) is 0.242. The third kappa shape index (κ3) is 5.48. The molecular weight excluding hydrogens is 504 g/mol. The van der Waals surface area contributed by atoms with Gasteiger partial charge in [0.1, 0.15) is 12.4 Å². The zero-order valence-electron chi connectivity index (χ0n) is 23.1. The van der Waals surface area contributed by atoms with Crippen LogP contribution >= 0.6 is 0 Å². The van der Waals surface area contributed by atoms with Crippen LogP contribution in [-0.2, 0) is 23.1 Å². The average Bonchev–Trinajstić information content (AvgIpc) is 3.30. The molecule has 0 radical (unpaired) electrons. The minimum atomic E-state index is -3.75.